The molecule has 2 saturated heterocycles. The van der Waals surface area contributed by atoms with Crippen molar-refractivity contribution in [1.29, 1.82) is 0 Å². The van der Waals surface area contributed by atoms with Gasteiger partial charge in [-0.2, -0.15) is 0 Å². The summed E-state index contributed by atoms with van der Waals surface area (Å²) < 4.78 is 5.73. The molecule has 3 heterocycles. The van der Waals surface area contributed by atoms with E-state index in [1.54, 1.807) is 18.6 Å². The van der Waals surface area contributed by atoms with Crippen molar-refractivity contribution in [2.75, 3.05) is 44.2 Å². The van der Waals surface area contributed by atoms with Crippen LogP contribution in [0.2, 0.25) is 0 Å². The number of hydrogen-bond donors (Lipinski definition) is 1. The Labute approximate surface area is 165 Å². The van der Waals surface area contributed by atoms with Gasteiger partial charge in [0.2, 0.25) is 0 Å². The van der Waals surface area contributed by atoms with Gasteiger partial charge in [-0.25, -0.2) is 9.78 Å². The number of aromatic nitrogens is 2. The van der Waals surface area contributed by atoms with Gasteiger partial charge in [0.05, 0.1) is 12.7 Å². The molecule has 7 heteroatoms. The number of nitrogens with zero attached hydrogens (tertiary/aromatic N) is 4. The molecule has 1 aromatic rings. The van der Waals surface area contributed by atoms with Crippen molar-refractivity contribution in [3.05, 3.63) is 54.7 Å². The number of ether oxygens (including phenoxy) is 1. The molecule has 2 amide bonds. The molecule has 4 rings (SSSR count). The summed E-state index contributed by atoms with van der Waals surface area (Å²) in [6.45, 7) is 4.48. The van der Waals surface area contributed by atoms with Gasteiger partial charge >= 0.3 is 6.03 Å². The van der Waals surface area contributed by atoms with E-state index in [0.29, 0.717) is 13.2 Å². The summed E-state index contributed by atoms with van der Waals surface area (Å²) in [5.41, 5.74) is 0.201. The molecule has 0 aromatic carbocycles. The molecule has 0 bridgehead atoms. The van der Waals surface area contributed by atoms with Crippen molar-refractivity contribution >= 4 is 11.8 Å². The Morgan fingerprint density at radius 1 is 1.21 bits per heavy atom. The molecule has 2 aliphatic heterocycles. The predicted octanol–water partition coefficient (Wildman–Crippen LogP) is 2.51. The topological polar surface area (TPSA) is 70.6 Å². The fourth-order valence-electron chi connectivity index (χ4n) is 3.99. The standard InChI is InChI=1S/C21H27N5O2/c27-20(24-11-13-28-18-6-4-2-1-3-5-7-18)26-16-21(17-26)8-12-25(15-21)19-14-22-9-10-23-19/h2,4-7,9-10,14H,1,3,8,11-13,15-17H2,(H,24,27). The normalized spacial score (nSPS) is 20.4. The highest BCUT2D eigenvalue weighted by molar-refractivity contribution is 5.75. The first-order valence-electron chi connectivity index (χ1n) is 9.94. The first-order valence-corrected chi connectivity index (χ1v) is 9.94. The van der Waals surface area contributed by atoms with Gasteiger partial charge in [0.1, 0.15) is 18.2 Å². The molecular weight excluding hydrogens is 354 g/mol. The summed E-state index contributed by atoms with van der Waals surface area (Å²) in [6, 6.07) is -0.00531. The molecule has 28 heavy (non-hydrogen) atoms. The monoisotopic (exact) mass is 381 g/mol. The third kappa shape index (κ3) is 4.35. The number of urea groups is 1. The van der Waals surface area contributed by atoms with Crippen molar-refractivity contribution in [2.24, 2.45) is 5.41 Å². The average Bonchev–Trinajstić information content (AvgIpc) is 3.12. The number of amides is 2. The van der Waals surface area contributed by atoms with Crippen molar-refractivity contribution in [3.63, 3.8) is 0 Å². The Balaban J connectivity index is 1.17. The number of carbonyl (C=O) groups is 1. The summed E-state index contributed by atoms with van der Waals surface area (Å²) in [5.74, 6) is 1.76. The fourth-order valence-corrected chi connectivity index (χ4v) is 3.99. The number of anilines is 1. The quantitative estimate of drug-likeness (QED) is 0.794. The third-order valence-electron chi connectivity index (χ3n) is 5.48. The molecule has 148 valence electrons. The Hall–Kier alpha value is -2.83. The van der Waals surface area contributed by atoms with Gasteiger partial charge in [0, 0.05) is 44.0 Å². The van der Waals surface area contributed by atoms with E-state index in [0.717, 1.165) is 57.0 Å². The highest BCUT2D eigenvalue weighted by Gasteiger charge is 2.49. The second-order valence-electron chi connectivity index (χ2n) is 7.65. The van der Waals surface area contributed by atoms with E-state index in [1.165, 1.54) is 0 Å². The van der Waals surface area contributed by atoms with Crippen LogP contribution in [0.4, 0.5) is 10.6 Å². The molecule has 3 aliphatic rings. The molecule has 1 aromatic heterocycles. The first-order chi connectivity index (χ1) is 13.7. The van der Waals surface area contributed by atoms with Crippen molar-refractivity contribution in [3.8, 4) is 0 Å². The van der Waals surface area contributed by atoms with Crippen molar-refractivity contribution in [1.82, 2.24) is 20.2 Å². The van der Waals surface area contributed by atoms with Crippen LogP contribution in [0.1, 0.15) is 19.3 Å². The van der Waals surface area contributed by atoms with E-state index in [2.05, 4.69) is 32.3 Å². The van der Waals surface area contributed by atoms with Crippen LogP contribution in [0.5, 0.6) is 0 Å². The number of carbonyl (C=O) groups excluding carboxylic acids is 1. The minimum atomic E-state index is -0.00531. The summed E-state index contributed by atoms with van der Waals surface area (Å²) in [4.78, 5) is 25.0. The SMILES string of the molecule is O=C(NCCOC1=CC=CCCC=C1)N1CC2(CCN(c3cnccn3)C2)C1. The van der Waals surface area contributed by atoms with E-state index in [4.69, 9.17) is 4.74 Å². The number of nitrogens with one attached hydrogen (secondary N) is 1. The highest BCUT2D eigenvalue weighted by atomic mass is 16.5. The Bertz CT molecular complexity index is 768. The summed E-state index contributed by atoms with van der Waals surface area (Å²) >= 11 is 0. The van der Waals surface area contributed by atoms with Gasteiger partial charge in [-0.05, 0) is 31.4 Å². The zero-order chi connectivity index (χ0) is 19.2. The maximum atomic E-state index is 12.4. The van der Waals surface area contributed by atoms with Crippen molar-refractivity contribution < 1.29 is 9.53 Å². The Morgan fingerprint density at radius 2 is 2.11 bits per heavy atom. The number of allylic oxidation sites excluding steroid dienone is 5. The average molecular weight is 381 g/mol. The maximum Gasteiger partial charge on any atom is 0.317 e. The van der Waals surface area contributed by atoms with Gasteiger partial charge in [-0.15, -0.1) is 0 Å². The third-order valence-corrected chi connectivity index (χ3v) is 5.48. The van der Waals surface area contributed by atoms with Crippen LogP contribution in [-0.2, 0) is 4.74 Å². The van der Waals surface area contributed by atoms with Gasteiger partial charge in [0.15, 0.2) is 0 Å². The smallest absolute Gasteiger partial charge is 0.317 e. The number of hydrogen-bond acceptors (Lipinski definition) is 5. The number of rotatable bonds is 5. The van der Waals surface area contributed by atoms with Gasteiger partial charge in [-0.3, -0.25) is 4.98 Å². The molecular formula is C21H27N5O2. The lowest BCUT2D eigenvalue weighted by molar-refractivity contribution is 0.0485. The van der Waals surface area contributed by atoms with Crippen LogP contribution in [0.15, 0.2) is 54.7 Å². The molecule has 1 spiro atoms. The molecule has 0 unspecified atom stereocenters. The van der Waals surface area contributed by atoms with E-state index < -0.39 is 0 Å². The minimum absolute atomic E-state index is 0.00531. The summed E-state index contributed by atoms with van der Waals surface area (Å²) in [6.07, 6.45) is 18.6. The number of likely N-dealkylation sites (tertiary alicyclic amines) is 1. The van der Waals surface area contributed by atoms with Crippen LogP contribution in [0.3, 0.4) is 0 Å². The van der Waals surface area contributed by atoms with Crippen LogP contribution in [0.25, 0.3) is 0 Å². The molecule has 1 N–H and O–H groups in total. The van der Waals surface area contributed by atoms with E-state index in [1.807, 2.05) is 23.1 Å². The van der Waals surface area contributed by atoms with Gasteiger partial charge in [-0.1, -0.05) is 18.2 Å². The molecule has 1 aliphatic carbocycles. The Morgan fingerprint density at radius 3 is 2.96 bits per heavy atom. The van der Waals surface area contributed by atoms with Crippen LogP contribution < -0.4 is 10.2 Å². The van der Waals surface area contributed by atoms with Crippen LogP contribution in [0, 0.1) is 5.41 Å². The van der Waals surface area contributed by atoms with Gasteiger partial charge < -0.3 is 19.9 Å². The van der Waals surface area contributed by atoms with E-state index in [-0.39, 0.29) is 11.4 Å². The largest absolute Gasteiger partial charge is 0.492 e. The zero-order valence-electron chi connectivity index (χ0n) is 16.1. The second-order valence-corrected chi connectivity index (χ2v) is 7.65. The van der Waals surface area contributed by atoms with E-state index >= 15 is 0 Å². The van der Waals surface area contributed by atoms with E-state index in [9.17, 15) is 4.79 Å². The minimum Gasteiger partial charge on any atom is -0.492 e. The summed E-state index contributed by atoms with van der Waals surface area (Å²) in [7, 11) is 0. The van der Waals surface area contributed by atoms with Gasteiger partial charge in [0.25, 0.3) is 0 Å². The van der Waals surface area contributed by atoms with Crippen molar-refractivity contribution in [2.45, 2.75) is 19.3 Å². The molecule has 0 atom stereocenters. The first kappa shape index (κ1) is 18.5. The van der Waals surface area contributed by atoms with Crippen LogP contribution >= 0.6 is 0 Å². The lowest BCUT2D eigenvalue weighted by Crippen LogP contribution is -2.61. The summed E-state index contributed by atoms with van der Waals surface area (Å²) in [5, 5.41) is 2.96. The maximum absolute atomic E-state index is 12.4. The zero-order valence-corrected chi connectivity index (χ0v) is 16.1. The molecule has 7 nitrogen and oxygen atoms in total. The Kier molecular flexibility index (Phi) is 5.60. The second kappa shape index (κ2) is 8.46. The predicted molar refractivity (Wildman–Crippen MR) is 108 cm³/mol. The highest BCUT2D eigenvalue weighted by Crippen LogP contribution is 2.40. The molecule has 0 saturated carbocycles. The lowest BCUT2D eigenvalue weighted by atomic mass is 9.79. The van der Waals surface area contributed by atoms with Crippen LogP contribution in [-0.4, -0.2) is 60.2 Å². The molecule has 0 radical (unpaired) electrons. The molecule has 2 fully saturated rings. The fraction of sp³-hybridized carbons (Fsp3) is 0.476. The lowest BCUT2D eigenvalue weighted by Gasteiger charge is -2.47.